The van der Waals surface area contributed by atoms with E-state index in [1.807, 2.05) is 19.1 Å². The second-order valence-corrected chi connectivity index (χ2v) is 5.75. The Balaban J connectivity index is 1.56. The molecular formula is C19H26FN3O3. The molecule has 7 heteroatoms. The number of guanidine groups is 1. The van der Waals surface area contributed by atoms with Gasteiger partial charge in [0.15, 0.2) is 5.96 Å². The van der Waals surface area contributed by atoms with Gasteiger partial charge in [0.1, 0.15) is 30.0 Å². The fourth-order valence-corrected chi connectivity index (χ4v) is 2.22. The Labute approximate surface area is 153 Å². The van der Waals surface area contributed by atoms with Gasteiger partial charge in [0.2, 0.25) is 0 Å². The summed E-state index contributed by atoms with van der Waals surface area (Å²) in [5.74, 6) is 1.71. The van der Waals surface area contributed by atoms with E-state index in [1.54, 1.807) is 25.4 Å². The first-order valence-corrected chi connectivity index (χ1v) is 8.64. The van der Waals surface area contributed by atoms with E-state index in [0.717, 1.165) is 18.7 Å². The van der Waals surface area contributed by atoms with Crippen molar-refractivity contribution in [2.24, 2.45) is 4.99 Å². The molecule has 0 fully saturated rings. The van der Waals surface area contributed by atoms with E-state index in [2.05, 4.69) is 15.6 Å². The van der Waals surface area contributed by atoms with Crippen molar-refractivity contribution in [1.29, 1.82) is 0 Å². The predicted octanol–water partition coefficient (Wildman–Crippen LogP) is 2.96. The molecular weight excluding hydrogens is 337 g/mol. The van der Waals surface area contributed by atoms with Gasteiger partial charge in [0, 0.05) is 26.3 Å². The van der Waals surface area contributed by atoms with Crippen LogP contribution in [-0.4, -0.2) is 38.8 Å². The standard InChI is InChI=1S/C19H26FN3O3/c1-15(26-17-7-3-6-16(20)12-17)13-23-19(21-2)22-9-5-10-24-14-18-8-4-11-25-18/h3-4,6-8,11-12,15H,5,9-10,13-14H2,1-2H3,(H2,21,22,23). The Morgan fingerprint density at radius 1 is 1.27 bits per heavy atom. The van der Waals surface area contributed by atoms with E-state index >= 15 is 0 Å². The predicted molar refractivity (Wildman–Crippen MR) is 98.8 cm³/mol. The molecule has 1 heterocycles. The summed E-state index contributed by atoms with van der Waals surface area (Å²) in [5.41, 5.74) is 0. The van der Waals surface area contributed by atoms with Crippen LogP contribution in [0.3, 0.4) is 0 Å². The molecule has 1 aromatic heterocycles. The number of benzene rings is 1. The summed E-state index contributed by atoms with van der Waals surface area (Å²) in [6.07, 6.45) is 2.35. The molecule has 0 bridgehead atoms. The van der Waals surface area contributed by atoms with Crippen molar-refractivity contribution in [1.82, 2.24) is 10.6 Å². The van der Waals surface area contributed by atoms with Gasteiger partial charge in [0.05, 0.1) is 12.8 Å². The van der Waals surface area contributed by atoms with Gasteiger partial charge < -0.3 is 24.5 Å². The fourth-order valence-electron chi connectivity index (χ4n) is 2.22. The first-order chi connectivity index (χ1) is 12.7. The molecule has 1 atom stereocenters. The number of hydrogen-bond donors (Lipinski definition) is 2. The molecule has 1 unspecified atom stereocenters. The first-order valence-electron chi connectivity index (χ1n) is 8.64. The highest BCUT2D eigenvalue weighted by molar-refractivity contribution is 5.79. The van der Waals surface area contributed by atoms with Crippen LogP contribution in [0.25, 0.3) is 0 Å². The molecule has 1 aromatic carbocycles. The Morgan fingerprint density at radius 3 is 2.88 bits per heavy atom. The summed E-state index contributed by atoms with van der Waals surface area (Å²) < 4.78 is 29.5. The zero-order valence-corrected chi connectivity index (χ0v) is 15.2. The zero-order chi connectivity index (χ0) is 18.6. The van der Waals surface area contributed by atoms with Crippen LogP contribution in [-0.2, 0) is 11.3 Å². The van der Waals surface area contributed by atoms with E-state index in [0.29, 0.717) is 31.5 Å². The minimum atomic E-state index is -0.311. The monoisotopic (exact) mass is 363 g/mol. The molecule has 2 rings (SSSR count). The van der Waals surface area contributed by atoms with Crippen LogP contribution in [0.15, 0.2) is 52.1 Å². The van der Waals surface area contributed by atoms with Crippen LogP contribution in [0.1, 0.15) is 19.1 Å². The maximum atomic E-state index is 13.2. The number of nitrogens with one attached hydrogen (secondary N) is 2. The lowest BCUT2D eigenvalue weighted by molar-refractivity contribution is 0.105. The molecule has 0 aliphatic carbocycles. The molecule has 142 valence electrons. The van der Waals surface area contributed by atoms with Gasteiger partial charge in [-0.3, -0.25) is 4.99 Å². The van der Waals surface area contributed by atoms with Crippen molar-refractivity contribution in [2.75, 3.05) is 26.7 Å². The highest BCUT2D eigenvalue weighted by Crippen LogP contribution is 2.13. The van der Waals surface area contributed by atoms with E-state index in [-0.39, 0.29) is 11.9 Å². The number of hydrogen-bond acceptors (Lipinski definition) is 4. The number of aliphatic imine (C=N–C) groups is 1. The fraction of sp³-hybridized carbons (Fsp3) is 0.421. The normalized spacial score (nSPS) is 12.7. The molecule has 0 saturated heterocycles. The van der Waals surface area contributed by atoms with Gasteiger partial charge in [-0.25, -0.2) is 4.39 Å². The maximum absolute atomic E-state index is 13.2. The van der Waals surface area contributed by atoms with E-state index in [9.17, 15) is 4.39 Å². The summed E-state index contributed by atoms with van der Waals surface area (Å²) >= 11 is 0. The SMILES string of the molecule is CN=C(NCCCOCc1ccco1)NCC(C)Oc1cccc(F)c1. The number of ether oxygens (including phenoxy) is 2. The summed E-state index contributed by atoms with van der Waals surface area (Å²) in [6.45, 7) is 4.30. The summed E-state index contributed by atoms with van der Waals surface area (Å²) in [7, 11) is 1.71. The molecule has 0 radical (unpaired) electrons. The van der Waals surface area contributed by atoms with Gasteiger partial charge in [-0.1, -0.05) is 6.07 Å². The molecule has 0 amide bonds. The molecule has 6 nitrogen and oxygen atoms in total. The van der Waals surface area contributed by atoms with Gasteiger partial charge in [-0.2, -0.15) is 0 Å². The molecule has 0 aliphatic rings. The third-order valence-corrected chi connectivity index (χ3v) is 3.50. The molecule has 0 spiro atoms. The van der Waals surface area contributed by atoms with Crippen LogP contribution in [0.5, 0.6) is 5.75 Å². The highest BCUT2D eigenvalue weighted by atomic mass is 19.1. The number of halogens is 1. The number of furan rings is 1. The van der Waals surface area contributed by atoms with Gasteiger partial charge in [-0.15, -0.1) is 0 Å². The van der Waals surface area contributed by atoms with E-state index < -0.39 is 0 Å². The van der Waals surface area contributed by atoms with Crippen LogP contribution >= 0.6 is 0 Å². The quantitative estimate of drug-likeness (QED) is 0.386. The minimum Gasteiger partial charge on any atom is -0.489 e. The number of rotatable bonds is 10. The van der Waals surface area contributed by atoms with Crippen LogP contribution in [0, 0.1) is 5.82 Å². The van der Waals surface area contributed by atoms with Crippen molar-refractivity contribution >= 4 is 5.96 Å². The summed E-state index contributed by atoms with van der Waals surface area (Å²) in [6, 6.07) is 9.84. The lowest BCUT2D eigenvalue weighted by atomic mass is 10.3. The van der Waals surface area contributed by atoms with Gasteiger partial charge in [0.25, 0.3) is 0 Å². The molecule has 2 aromatic rings. The van der Waals surface area contributed by atoms with Crippen molar-refractivity contribution in [3.63, 3.8) is 0 Å². The van der Waals surface area contributed by atoms with E-state index in [1.165, 1.54) is 12.1 Å². The van der Waals surface area contributed by atoms with Crippen molar-refractivity contribution in [3.8, 4) is 5.75 Å². The summed E-state index contributed by atoms with van der Waals surface area (Å²) in [4.78, 5) is 4.16. The molecule has 0 saturated carbocycles. The Hall–Kier alpha value is -2.54. The molecule has 0 aliphatic heterocycles. The Kier molecular flexibility index (Phi) is 8.48. The Morgan fingerprint density at radius 2 is 2.15 bits per heavy atom. The van der Waals surface area contributed by atoms with E-state index in [4.69, 9.17) is 13.9 Å². The van der Waals surface area contributed by atoms with Crippen molar-refractivity contribution in [2.45, 2.75) is 26.1 Å². The maximum Gasteiger partial charge on any atom is 0.191 e. The Bertz CT molecular complexity index is 662. The number of nitrogens with zero attached hydrogens (tertiary/aromatic N) is 1. The third-order valence-electron chi connectivity index (χ3n) is 3.50. The van der Waals surface area contributed by atoms with Gasteiger partial charge in [-0.05, 0) is 37.6 Å². The summed E-state index contributed by atoms with van der Waals surface area (Å²) in [5, 5.41) is 6.39. The second-order valence-electron chi connectivity index (χ2n) is 5.75. The van der Waals surface area contributed by atoms with Gasteiger partial charge >= 0.3 is 0 Å². The smallest absolute Gasteiger partial charge is 0.191 e. The highest BCUT2D eigenvalue weighted by Gasteiger charge is 2.06. The lowest BCUT2D eigenvalue weighted by Gasteiger charge is -2.17. The van der Waals surface area contributed by atoms with Crippen LogP contribution in [0.2, 0.25) is 0 Å². The third kappa shape index (κ3) is 7.57. The average molecular weight is 363 g/mol. The lowest BCUT2D eigenvalue weighted by Crippen LogP contribution is -2.42. The largest absolute Gasteiger partial charge is 0.489 e. The van der Waals surface area contributed by atoms with Crippen LogP contribution in [0.4, 0.5) is 4.39 Å². The zero-order valence-electron chi connectivity index (χ0n) is 15.2. The minimum absolute atomic E-state index is 0.132. The first kappa shape index (κ1) is 19.8. The van der Waals surface area contributed by atoms with Crippen molar-refractivity contribution in [3.05, 3.63) is 54.2 Å². The molecule has 26 heavy (non-hydrogen) atoms. The average Bonchev–Trinajstić information content (AvgIpc) is 3.14. The molecule has 2 N–H and O–H groups in total. The van der Waals surface area contributed by atoms with Crippen molar-refractivity contribution < 1.29 is 18.3 Å². The second kappa shape index (κ2) is 11.1. The van der Waals surface area contributed by atoms with Crippen LogP contribution < -0.4 is 15.4 Å². The topological polar surface area (TPSA) is 68.0 Å².